The van der Waals surface area contributed by atoms with Gasteiger partial charge in [0.15, 0.2) is 5.96 Å². The number of aromatic nitrogens is 2. The zero-order valence-electron chi connectivity index (χ0n) is 18.0. The topological polar surface area (TPSA) is 48.7 Å². The molecule has 0 saturated carbocycles. The van der Waals surface area contributed by atoms with E-state index in [1.54, 1.807) is 0 Å². The first-order valence-corrected chi connectivity index (χ1v) is 10.9. The average molecular weight is 417 g/mol. The second-order valence-corrected chi connectivity index (χ2v) is 7.97. The van der Waals surface area contributed by atoms with Gasteiger partial charge in [0.2, 0.25) is 0 Å². The Balaban J connectivity index is 1.68. The van der Waals surface area contributed by atoms with Crippen LogP contribution in [-0.4, -0.2) is 65.3 Å². The van der Waals surface area contributed by atoms with Crippen molar-refractivity contribution in [2.45, 2.75) is 32.2 Å². The number of rotatable bonds is 7. The Hall–Kier alpha value is -2.05. The van der Waals surface area contributed by atoms with Crippen molar-refractivity contribution in [3.05, 3.63) is 52.8 Å². The molecule has 7 heteroatoms. The first-order chi connectivity index (χ1) is 14.1. The van der Waals surface area contributed by atoms with E-state index >= 15 is 0 Å². The lowest BCUT2D eigenvalue weighted by Gasteiger charge is -2.32. The van der Waals surface area contributed by atoms with E-state index in [2.05, 4.69) is 57.4 Å². The summed E-state index contributed by atoms with van der Waals surface area (Å²) in [6, 6.07) is 8.35. The predicted molar refractivity (Wildman–Crippen MR) is 121 cm³/mol. The van der Waals surface area contributed by atoms with E-state index in [-0.39, 0.29) is 6.04 Å². The van der Waals surface area contributed by atoms with Crippen LogP contribution in [0.4, 0.5) is 0 Å². The van der Waals surface area contributed by atoms with Gasteiger partial charge in [0.25, 0.3) is 0 Å². The van der Waals surface area contributed by atoms with Gasteiger partial charge in [-0.2, -0.15) is 5.10 Å². The lowest BCUT2D eigenvalue weighted by Crippen LogP contribution is -2.44. The van der Waals surface area contributed by atoms with Gasteiger partial charge in [0, 0.05) is 50.9 Å². The monoisotopic (exact) mass is 416 g/mol. The zero-order chi connectivity index (χ0) is 20.8. The first-order valence-electron chi connectivity index (χ1n) is 10.5. The lowest BCUT2D eigenvalue weighted by molar-refractivity contribution is 0.218. The molecule has 0 bridgehead atoms. The Morgan fingerprint density at radius 1 is 1.34 bits per heavy atom. The molecule has 1 fully saturated rings. The van der Waals surface area contributed by atoms with Crippen molar-refractivity contribution in [3.8, 4) is 0 Å². The smallest absolute Gasteiger partial charge is 0.193 e. The molecule has 0 radical (unpaired) electrons. The van der Waals surface area contributed by atoms with Crippen molar-refractivity contribution in [3.63, 3.8) is 0 Å². The predicted octanol–water partition coefficient (Wildman–Crippen LogP) is 3.52. The molecule has 1 aliphatic rings. The molecular formula is C22H33ClN6. The van der Waals surface area contributed by atoms with Crippen LogP contribution in [0.15, 0.2) is 41.7 Å². The number of aryl methyl sites for hydroxylation is 1. The highest BCUT2D eigenvalue weighted by molar-refractivity contribution is 6.31. The fourth-order valence-electron chi connectivity index (χ4n) is 4.24. The molecule has 0 aliphatic carbocycles. The van der Waals surface area contributed by atoms with E-state index in [0.29, 0.717) is 5.92 Å². The van der Waals surface area contributed by atoms with Gasteiger partial charge < -0.3 is 10.2 Å². The van der Waals surface area contributed by atoms with Crippen molar-refractivity contribution in [2.75, 3.05) is 39.8 Å². The van der Waals surface area contributed by atoms with Crippen molar-refractivity contribution in [1.29, 1.82) is 0 Å². The molecule has 1 aromatic heterocycles. The van der Waals surface area contributed by atoms with Gasteiger partial charge in [-0.1, -0.05) is 43.6 Å². The molecule has 6 nitrogen and oxygen atoms in total. The van der Waals surface area contributed by atoms with Crippen LogP contribution in [0.3, 0.4) is 0 Å². The third-order valence-electron chi connectivity index (χ3n) is 5.87. The SMILES string of the molecule is CCN(CC)C(CNC(=NC)N1CCC(c2cnn(C)c2)C1)c1ccccc1Cl. The average Bonchev–Trinajstić information content (AvgIpc) is 3.38. The molecule has 1 aliphatic heterocycles. The van der Waals surface area contributed by atoms with Crippen LogP contribution in [0.2, 0.25) is 5.02 Å². The second-order valence-electron chi connectivity index (χ2n) is 7.57. The molecule has 1 saturated heterocycles. The highest BCUT2D eigenvalue weighted by atomic mass is 35.5. The minimum absolute atomic E-state index is 0.201. The fourth-order valence-corrected chi connectivity index (χ4v) is 4.50. The van der Waals surface area contributed by atoms with E-state index in [1.807, 2.05) is 37.1 Å². The summed E-state index contributed by atoms with van der Waals surface area (Å²) < 4.78 is 1.88. The summed E-state index contributed by atoms with van der Waals surface area (Å²) in [6.07, 6.45) is 5.23. The van der Waals surface area contributed by atoms with E-state index in [0.717, 1.165) is 55.7 Å². The quantitative estimate of drug-likeness (QED) is 0.554. The number of nitrogens with one attached hydrogen (secondary N) is 1. The molecule has 29 heavy (non-hydrogen) atoms. The summed E-state index contributed by atoms with van der Waals surface area (Å²) in [6.45, 7) is 9.07. The van der Waals surface area contributed by atoms with Gasteiger partial charge in [-0.3, -0.25) is 14.6 Å². The Bertz CT molecular complexity index is 813. The Morgan fingerprint density at radius 3 is 2.72 bits per heavy atom. The van der Waals surface area contributed by atoms with Crippen LogP contribution in [-0.2, 0) is 7.05 Å². The van der Waals surface area contributed by atoms with Crippen molar-refractivity contribution in [2.24, 2.45) is 12.0 Å². The van der Waals surface area contributed by atoms with Crippen LogP contribution < -0.4 is 5.32 Å². The molecule has 2 atom stereocenters. The zero-order valence-corrected chi connectivity index (χ0v) is 18.7. The highest BCUT2D eigenvalue weighted by Gasteiger charge is 2.28. The Kier molecular flexibility index (Phi) is 7.56. The minimum atomic E-state index is 0.201. The maximum Gasteiger partial charge on any atom is 0.193 e. The molecule has 3 rings (SSSR count). The molecule has 158 valence electrons. The normalized spacial score (nSPS) is 18.5. The van der Waals surface area contributed by atoms with Crippen LogP contribution in [0, 0.1) is 0 Å². The molecule has 1 N–H and O–H groups in total. The summed E-state index contributed by atoms with van der Waals surface area (Å²) in [5.41, 5.74) is 2.47. The number of aliphatic imine (C=N–C) groups is 1. The minimum Gasteiger partial charge on any atom is -0.354 e. The number of halogens is 1. The van der Waals surface area contributed by atoms with E-state index in [1.165, 1.54) is 5.56 Å². The highest BCUT2D eigenvalue weighted by Crippen LogP contribution is 2.28. The van der Waals surface area contributed by atoms with Crippen molar-refractivity contribution < 1.29 is 0 Å². The van der Waals surface area contributed by atoms with Gasteiger partial charge in [-0.15, -0.1) is 0 Å². The third-order valence-corrected chi connectivity index (χ3v) is 6.21. The number of hydrogen-bond acceptors (Lipinski definition) is 3. The van der Waals surface area contributed by atoms with Crippen LogP contribution in [0.1, 0.15) is 43.4 Å². The molecular weight excluding hydrogens is 384 g/mol. The molecule has 0 spiro atoms. The van der Waals surface area contributed by atoms with Crippen molar-refractivity contribution >= 4 is 17.6 Å². The maximum atomic E-state index is 6.54. The summed E-state index contributed by atoms with van der Waals surface area (Å²) in [7, 11) is 3.83. The standard InChI is InChI=1S/C22H33ClN6/c1-5-28(6-2)21(19-9-7-8-10-20(19)23)14-25-22(24-3)29-12-11-17(16-29)18-13-26-27(4)15-18/h7-10,13,15,17,21H,5-6,11-12,14,16H2,1-4H3,(H,24,25). The third kappa shape index (κ3) is 5.11. The largest absolute Gasteiger partial charge is 0.354 e. The molecule has 2 heterocycles. The molecule has 2 unspecified atom stereocenters. The van der Waals surface area contributed by atoms with Gasteiger partial charge in [0.1, 0.15) is 0 Å². The van der Waals surface area contributed by atoms with Crippen LogP contribution >= 0.6 is 11.6 Å². The second kappa shape index (κ2) is 10.1. The van der Waals surface area contributed by atoms with Crippen molar-refractivity contribution in [1.82, 2.24) is 24.9 Å². The Labute approximate surface area is 179 Å². The molecule has 2 aromatic rings. The van der Waals surface area contributed by atoms with E-state index in [4.69, 9.17) is 11.6 Å². The van der Waals surface area contributed by atoms with E-state index in [9.17, 15) is 0 Å². The van der Waals surface area contributed by atoms with Gasteiger partial charge >= 0.3 is 0 Å². The maximum absolute atomic E-state index is 6.54. The van der Waals surface area contributed by atoms with E-state index < -0.39 is 0 Å². The van der Waals surface area contributed by atoms with Crippen LogP contribution in [0.25, 0.3) is 0 Å². The number of likely N-dealkylation sites (tertiary alicyclic amines) is 1. The number of hydrogen-bond donors (Lipinski definition) is 1. The molecule has 1 aromatic carbocycles. The van der Waals surface area contributed by atoms with Gasteiger partial charge in [-0.05, 0) is 36.7 Å². The Morgan fingerprint density at radius 2 is 2.10 bits per heavy atom. The summed E-state index contributed by atoms with van der Waals surface area (Å²) >= 11 is 6.54. The fraction of sp³-hybridized carbons (Fsp3) is 0.545. The molecule has 0 amide bonds. The summed E-state index contributed by atoms with van der Waals surface area (Å²) in [5.74, 6) is 1.46. The van der Waals surface area contributed by atoms with Gasteiger partial charge in [0.05, 0.1) is 12.2 Å². The lowest BCUT2D eigenvalue weighted by atomic mass is 10.0. The number of nitrogens with zero attached hydrogens (tertiary/aromatic N) is 5. The summed E-state index contributed by atoms with van der Waals surface area (Å²) in [4.78, 5) is 9.35. The number of likely N-dealkylation sites (N-methyl/N-ethyl adjacent to an activating group) is 1. The first kappa shape index (κ1) is 21.7. The van der Waals surface area contributed by atoms with Gasteiger partial charge in [-0.25, -0.2) is 0 Å². The summed E-state index contributed by atoms with van der Waals surface area (Å²) in [5, 5.41) is 8.76. The number of guanidine groups is 1. The number of benzene rings is 1. The van der Waals surface area contributed by atoms with Crippen LogP contribution in [0.5, 0.6) is 0 Å².